The summed E-state index contributed by atoms with van der Waals surface area (Å²) in [5.74, 6) is 0.326. The number of anilines is 1. The van der Waals surface area contributed by atoms with Gasteiger partial charge in [-0.15, -0.1) is 0 Å². The fraction of sp³-hybridized carbons (Fsp3) is 0.375. The standard InChI is InChI=1S/C16H20N6O3/c1-21-5-7-22(8-6-21)14-11(3-2-4-17-14)10-18-15(24)12-9-13(23)20-16(25)19-12/h2-4,9H,5-8,10H2,1H3,(H,18,24)(H2,19,20,23,25). The molecule has 9 heteroatoms. The van der Waals surface area contributed by atoms with Crippen LogP contribution in [0.3, 0.4) is 0 Å². The normalized spacial score (nSPS) is 15.2. The van der Waals surface area contributed by atoms with Crippen LogP contribution in [-0.4, -0.2) is 59.0 Å². The number of hydrogen-bond acceptors (Lipinski definition) is 6. The molecule has 0 saturated carbocycles. The van der Waals surface area contributed by atoms with Crippen molar-refractivity contribution in [1.82, 2.24) is 25.2 Å². The summed E-state index contributed by atoms with van der Waals surface area (Å²) >= 11 is 0. The summed E-state index contributed by atoms with van der Waals surface area (Å²) in [6, 6.07) is 4.78. The number of aromatic nitrogens is 3. The molecule has 1 amide bonds. The summed E-state index contributed by atoms with van der Waals surface area (Å²) in [4.78, 5) is 48.0. The van der Waals surface area contributed by atoms with Gasteiger partial charge < -0.3 is 20.1 Å². The number of carbonyl (C=O) groups is 1. The highest BCUT2D eigenvalue weighted by atomic mass is 16.2. The fourth-order valence-electron chi connectivity index (χ4n) is 2.73. The van der Waals surface area contributed by atoms with Gasteiger partial charge in [-0.05, 0) is 13.1 Å². The zero-order chi connectivity index (χ0) is 17.8. The molecule has 9 nitrogen and oxygen atoms in total. The number of amides is 1. The molecule has 0 unspecified atom stereocenters. The first-order valence-corrected chi connectivity index (χ1v) is 8.02. The van der Waals surface area contributed by atoms with Gasteiger partial charge in [0.25, 0.3) is 11.5 Å². The lowest BCUT2D eigenvalue weighted by atomic mass is 10.2. The molecule has 2 aromatic heterocycles. The number of pyridine rings is 1. The van der Waals surface area contributed by atoms with Gasteiger partial charge in [-0.25, -0.2) is 9.78 Å². The number of H-pyrrole nitrogens is 2. The molecule has 2 aromatic rings. The summed E-state index contributed by atoms with van der Waals surface area (Å²) in [5, 5.41) is 2.72. The van der Waals surface area contributed by atoms with Crippen LogP contribution in [0, 0.1) is 0 Å². The van der Waals surface area contributed by atoms with Crippen molar-refractivity contribution < 1.29 is 4.79 Å². The van der Waals surface area contributed by atoms with Crippen molar-refractivity contribution in [2.45, 2.75) is 6.54 Å². The third kappa shape index (κ3) is 4.13. The van der Waals surface area contributed by atoms with Gasteiger partial charge >= 0.3 is 5.69 Å². The molecule has 0 aliphatic carbocycles. The predicted octanol–water partition coefficient (Wildman–Crippen LogP) is -0.860. The first kappa shape index (κ1) is 16.9. The molecular formula is C16H20N6O3. The Kier molecular flexibility index (Phi) is 4.94. The Labute approximate surface area is 143 Å². The Bertz CT molecular complexity index is 838. The number of aromatic amines is 2. The van der Waals surface area contributed by atoms with Crippen molar-refractivity contribution >= 4 is 11.7 Å². The van der Waals surface area contributed by atoms with E-state index >= 15 is 0 Å². The Morgan fingerprint density at radius 2 is 2.00 bits per heavy atom. The first-order valence-electron chi connectivity index (χ1n) is 8.02. The van der Waals surface area contributed by atoms with Gasteiger partial charge in [0, 0.05) is 50.6 Å². The van der Waals surface area contributed by atoms with Crippen molar-refractivity contribution in [2.75, 3.05) is 38.1 Å². The molecule has 0 radical (unpaired) electrons. The van der Waals surface area contributed by atoms with Crippen LogP contribution in [0.2, 0.25) is 0 Å². The monoisotopic (exact) mass is 344 g/mol. The number of rotatable bonds is 4. The quantitative estimate of drug-likeness (QED) is 0.665. The van der Waals surface area contributed by atoms with Crippen LogP contribution in [-0.2, 0) is 6.54 Å². The lowest BCUT2D eigenvalue weighted by Gasteiger charge is -2.34. The lowest BCUT2D eigenvalue weighted by Crippen LogP contribution is -2.45. The van der Waals surface area contributed by atoms with Crippen molar-refractivity contribution in [1.29, 1.82) is 0 Å². The maximum absolute atomic E-state index is 12.2. The minimum absolute atomic E-state index is 0.0706. The Balaban J connectivity index is 1.72. The molecule has 3 rings (SSSR count). The van der Waals surface area contributed by atoms with Gasteiger partial charge in [-0.2, -0.15) is 0 Å². The van der Waals surface area contributed by atoms with E-state index in [1.807, 2.05) is 17.1 Å². The maximum Gasteiger partial charge on any atom is 0.326 e. The van der Waals surface area contributed by atoms with Crippen LogP contribution in [0.1, 0.15) is 16.1 Å². The van der Waals surface area contributed by atoms with Crippen molar-refractivity contribution in [3.05, 3.63) is 56.5 Å². The van der Waals surface area contributed by atoms with Gasteiger partial charge in [0.15, 0.2) is 0 Å². The molecule has 3 N–H and O–H groups in total. The molecule has 25 heavy (non-hydrogen) atoms. The van der Waals surface area contributed by atoms with E-state index in [4.69, 9.17) is 0 Å². The highest BCUT2D eigenvalue weighted by molar-refractivity contribution is 5.92. The molecule has 3 heterocycles. The second-order valence-corrected chi connectivity index (χ2v) is 5.96. The minimum Gasteiger partial charge on any atom is -0.354 e. The number of hydrogen-bond donors (Lipinski definition) is 3. The van der Waals surface area contributed by atoms with E-state index in [0.717, 1.165) is 43.6 Å². The van der Waals surface area contributed by atoms with Gasteiger partial charge in [0.2, 0.25) is 0 Å². The molecule has 0 atom stereocenters. The molecule has 0 spiro atoms. The molecule has 0 bridgehead atoms. The Morgan fingerprint density at radius 3 is 2.72 bits per heavy atom. The summed E-state index contributed by atoms with van der Waals surface area (Å²) < 4.78 is 0. The third-order valence-electron chi connectivity index (χ3n) is 4.11. The SMILES string of the molecule is CN1CCN(c2ncccc2CNC(=O)c2cc(=O)[nH]c(=O)[nH]2)CC1. The van der Waals surface area contributed by atoms with E-state index in [1.165, 1.54) is 0 Å². The number of likely N-dealkylation sites (N-methyl/N-ethyl adjacent to an activating group) is 1. The van der Waals surface area contributed by atoms with E-state index < -0.39 is 17.2 Å². The van der Waals surface area contributed by atoms with E-state index in [2.05, 4.69) is 32.1 Å². The fourth-order valence-corrected chi connectivity index (χ4v) is 2.73. The molecule has 1 aliphatic rings. The van der Waals surface area contributed by atoms with Crippen molar-refractivity contribution in [3.8, 4) is 0 Å². The average Bonchev–Trinajstić information content (AvgIpc) is 2.60. The molecule has 1 saturated heterocycles. The molecule has 0 aromatic carbocycles. The Morgan fingerprint density at radius 1 is 1.24 bits per heavy atom. The highest BCUT2D eigenvalue weighted by Gasteiger charge is 2.18. The Hall–Kier alpha value is -2.94. The summed E-state index contributed by atoms with van der Waals surface area (Å²) in [7, 11) is 2.08. The van der Waals surface area contributed by atoms with E-state index in [0.29, 0.717) is 0 Å². The smallest absolute Gasteiger partial charge is 0.326 e. The second-order valence-electron chi connectivity index (χ2n) is 5.96. The van der Waals surface area contributed by atoms with Gasteiger partial charge in [0.1, 0.15) is 11.5 Å². The molecular weight excluding hydrogens is 324 g/mol. The maximum atomic E-state index is 12.2. The van der Waals surface area contributed by atoms with Crippen LogP contribution in [0.25, 0.3) is 0 Å². The number of nitrogens with zero attached hydrogens (tertiary/aromatic N) is 3. The third-order valence-corrected chi connectivity index (χ3v) is 4.11. The van der Waals surface area contributed by atoms with Gasteiger partial charge in [0.05, 0.1) is 0 Å². The predicted molar refractivity (Wildman–Crippen MR) is 92.8 cm³/mol. The average molecular weight is 344 g/mol. The summed E-state index contributed by atoms with van der Waals surface area (Å²) in [6.45, 7) is 3.90. The van der Waals surface area contributed by atoms with E-state index in [9.17, 15) is 14.4 Å². The largest absolute Gasteiger partial charge is 0.354 e. The van der Waals surface area contributed by atoms with Crippen LogP contribution in [0.5, 0.6) is 0 Å². The summed E-state index contributed by atoms with van der Waals surface area (Å²) in [6.07, 6.45) is 1.73. The highest BCUT2D eigenvalue weighted by Crippen LogP contribution is 2.18. The topological polar surface area (TPSA) is 114 Å². The minimum atomic E-state index is -0.711. The van der Waals surface area contributed by atoms with E-state index in [1.54, 1.807) is 6.20 Å². The van der Waals surface area contributed by atoms with Crippen LogP contribution < -0.4 is 21.5 Å². The van der Waals surface area contributed by atoms with Gasteiger partial charge in [-0.1, -0.05) is 6.07 Å². The lowest BCUT2D eigenvalue weighted by molar-refractivity contribution is 0.0945. The molecule has 132 valence electrons. The number of piperazine rings is 1. The van der Waals surface area contributed by atoms with Crippen LogP contribution in [0.15, 0.2) is 34.0 Å². The summed E-state index contributed by atoms with van der Waals surface area (Å²) in [5.41, 5.74) is -0.517. The van der Waals surface area contributed by atoms with Crippen molar-refractivity contribution in [3.63, 3.8) is 0 Å². The van der Waals surface area contributed by atoms with Crippen LogP contribution >= 0.6 is 0 Å². The first-order chi connectivity index (χ1) is 12.0. The second kappa shape index (κ2) is 7.31. The molecule has 1 aliphatic heterocycles. The van der Waals surface area contributed by atoms with Crippen LogP contribution in [0.4, 0.5) is 5.82 Å². The molecule has 1 fully saturated rings. The zero-order valence-electron chi connectivity index (χ0n) is 13.9. The number of nitrogens with one attached hydrogen (secondary N) is 3. The zero-order valence-corrected chi connectivity index (χ0v) is 13.9. The van der Waals surface area contributed by atoms with Gasteiger partial charge in [-0.3, -0.25) is 14.6 Å². The van der Waals surface area contributed by atoms with Crippen molar-refractivity contribution in [2.24, 2.45) is 0 Å². The number of carbonyl (C=O) groups excluding carboxylic acids is 1. The van der Waals surface area contributed by atoms with E-state index in [-0.39, 0.29) is 12.2 Å².